The zero-order valence-electron chi connectivity index (χ0n) is 13.0. The van der Waals surface area contributed by atoms with Crippen molar-refractivity contribution < 1.29 is 9.63 Å². The number of carbonyl (C=O) groups excluding carboxylic acids is 1. The van der Waals surface area contributed by atoms with Crippen molar-refractivity contribution in [3.8, 4) is 0 Å². The van der Waals surface area contributed by atoms with E-state index in [0.29, 0.717) is 12.5 Å². The molecule has 116 valence electrons. The van der Waals surface area contributed by atoms with Crippen LogP contribution in [0.4, 0.5) is 0 Å². The van der Waals surface area contributed by atoms with E-state index in [9.17, 15) is 4.79 Å². The second-order valence-electron chi connectivity index (χ2n) is 6.94. The van der Waals surface area contributed by atoms with E-state index in [1.165, 1.54) is 0 Å². The Morgan fingerprint density at radius 3 is 2.52 bits per heavy atom. The summed E-state index contributed by atoms with van der Waals surface area (Å²) in [5, 5.41) is 1.59. The lowest BCUT2D eigenvalue weighted by Crippen LogP contribution is -2.29. The molecule has 0 N–H and O–H groups in total. The Morgan fingerprint density at radius 1 is 1.29 bits per heavy atom. The van der Waals surface area contributed by atoms with E-state index in [0.717, 1.165) is 23.0 Å². The van der Waals surface area contributed by atoms with E-state index >= 15 is 0 Å². The first kappa shape index (κ1) is 16.7. The fourth-order valence-electron chi connectivity index (χ4n) is 2.73. The van der Waals surface area contributed by atoms with Crippen LogP contribution in [0, 0.1) is 17.3 Å². The van der Waals surface area contributed by atoms with Gasteiger partial charge in [-0.1, -0.05) is 73.7 Å². The largest absolute Gasteiger partial charge is 0.272 e. The fourth-order valence-corrected chi connectivity index (χ4v) is 3.62. The highest BCUT2D eigenvalue weighted by Gasteiger charge is 2.42. The van der Waals surface area contributed by atoms with Crippen molar-refractivity contribution in [1.82, 2.24) is 5.06 Å². The molecule has 0 unspecified atom stereocenters. The van der Waals surface area contributed by atoms with Gasteiger partial charge < -0.3 is 0 Å². The first-order valence-corrected chi connectivity index (χ1v) is 8.97. The summed E-state index contributed by atoms with van der Waals surface area (Å²) >= 11 is 2.38. The van der Waals surface area contributed by atoms with Gasteiger partial charge in [-0.2, -0.15) is 0 Å². The molecule has 21 heavy (non-hydrogen) atoms. The monoisotopic (exact) mass is 401 g/mol. The van der Waals surface area contributed by atoms with Crippen molar-refractivity contribution in [2.75, 3.05) is 11.0 Å². The summed E-state index contributed by atoms with van der Waals surface area (Å²) in [6.07, 6.45) is 0.921. The third-order valence-corrected chi connectivity index (χ3v) is 4.92. The molecule has 2 rings (SSSR count). The first-order valence-electron chi connectivity index (χ1n) is 7.45. The van der Waals surface area contributed by atoms with Gasteiger partial charge in [0, 0.05) is 10.3 Å². The van der Waals surface area contributed by atoms with E-state index in [4.69, 9.17) is 4.84 Å². The lowest BCUT2D eigenvalue weighted by atomic mass is 9.80. The average Bonchev–Trinajstić information content (AvgIpc) is 2.73. The number of halogens is 1. The Balaban J connectivity index is 1.97. The molecule has 1 aromatic rings. The Morgan fingerprint density at radius 2 is 1.95 bits per heavy atom. The molecule has 0 bridgehead atoms. The van der Waals surface area contributed by atoms with E-state index in [-0.39, 0.29) is 17.2 Å². The van der Waals surface area contributed by atoms with Gasteiger partial charge in [-0.3, -0.25) is 9.63 Å². The van der Waals surface area contributed by atoms with Crippen molar-refractivity contribution in [3.63, 3.8) is 0 Å². The molecule has 1 aliphatic rings. The van der Waals surface area contributed by atoms with Crippen LogP contribution in [0.5, 0.6) is 0 Å². The molecule has 0 aliphatic carbocycles. The number of nitrogens with zero attached hydrogens (tertiary/aromatic N) is 1. The van der Waals surface area contributed by atoms with Gasteiger partial charge in [0.1, 0.15) is 6.61 Å². The molecule has 0 spiro atoms. The second-order valence-corrected chi connectivity index (χ2v) is 7.82. The number of carbonyl (C=O) groups is 1. The highest BCUT2D eigenvalue weighted by molar-refractivity contribution is 14.1. The average molecular weight is 401 g/mol. The van der Waals surface area contributed by atoms with Gasteiger partial charge in [0.05, 0.1) is 6.54 Å². The predicted molar refractivity (Wildman–Crippen MR) is 92.9 cm³/mol. The molecule has 1 aromatic carbocycles. The molecular formula is C17H24INO2. The number of benzene rings is 1. The van der Waals surface area contributed by atoms with Crippen LogP contribution >= 0.6 is 22.6 Å². The van der Waals surface area contributed by atoms with Crippen LogP contribution in [-0.2, 0) is 16.2 Å². The Hall–Kier alpha value is -0.620. The molecule has 0 saturated carbocycles. The molecular weight excluding hydrogens is 377 g/mol. The smallest absolute Gasteiger partial charge is 0.249 e. The number of hydrogen-bond acceptors (Lipinski definition) is 2. The fraction of sp³-hybridized carbons (Fsp3) is 0.588. The molecule has 2 atom stereocenters. The molecule has 1 saturated heterocycles. The summed E-state index contributed by atoms with van der Waals surface area (Å²) in [5.74, 6) is 0.647. The number of alkyl halides is 1. The van der Waals surface area contributed by atoms with Gasteiger partial charge in [-0.05, 0) is 23.3 Å². The van der Waals surface area contributed by atoms with Gasteiger partial charge in [0.25, 0.3) is 0 Å². The van der Waals surface area contributed by atoms with Crippen LogP contribution in [-0.4, -0.2) is 21.9 Å². The van der Waals surface area contributed by atoms with Crippen molar-refractivity contribution >= 4 is 28.5 Å². The quantitative estimate of drug-likeness (QED) is 0.550. The lowest BCUT2D eigenvalue weighted by molar-refractivity contribution is -0.185. The van der Waals surface area contributed by atoms with Gasteiger partial charge in [0.15, 0.2) is 0 Å². The molecule has 3 nitrogen and oxygen atoms in total. The summed E-state index contributed by atoms with van der Waals surface area (Å²) in [7, 11) is 0. The number of hydrogen-bond donors (Lipinski definition) is 0. The van der Waals surface area contributed by atoms with Crippen LogP contribution < -0.4 is 0 Å². The highest BCUT2D eigenvalue weighted by atomic mass is 127. The second kappa shape index (κ2) is 7.09. The molecule has 0 radical (unpaired) electrons. The van der Waals surface area contributed by atoms with Crippen LogP contribution in [0.25, 0.3) is 0 Å². The van der Waals surface area contributed by atoms with Crippen LogP contribution in [0.1, 0.15) is 32.8 Å². The minimum atomic E-state index is 0.0951. The molecule has 1 fully saturated rings. The Bertz CT molecular complexity index is 469. The van der Waals surface area contributed by atoms with E-state index in [2.05, 4.69) is 43.4 Å². The van der Waals surface area contributed by atoms with Crippen molar-refractivity contribution in [3.05, 3.63) is 35.9 Å². The first-order chi connectivity index (χ1) is 9.90. The summed E-state index contributed by atoms with van der Waals surface area (Å²) in [5.41, 5.74) is 1.26. The van der Waals surface area contributed by atoms with Crippen LogP contribution in [0.15, 0.2) is 30.3 Å². The van der Waals surface area contributed by atoms with Crippen molar-refractivity contribution in [1.29, 1.82) is 0 Å². The molecule has 4 heteroatoms. The molecule has 1 heterocycles. The molecule has 0 aromatic heterocycles. The predicted octanol–water partition coefficient (Wildman–Crippen LogP) is 4.06. The van der Waals surface area contributed by atoms with Crippen LogP contribution in [0.2, 0.25) is 0 Å². The SMILES string of the molecule is CC(C)(C)C[C@@H]1C(=O)N(OCc2ccccc2)C[C@H]1CI. The number of hydroxylamine groups is 2. The minimum absolute atomic E-state index is 0.0951. The minimum Gasteiger partial charge on any atom is -0.272 e. The van der Waals surface area contributed by atoms with Gasteiger partial charge >= 0.3 is 0 Å². The Kier molecular flexibility index (Phi) is 5.66. The molecule has 1 aliphatic heterocycles. The zero-order chi connectivity index (χ0) is 15.5. The van der Waals surface area contributed by atoms with E-state index < -0.39 is 0 Å². The zero-order valence-corrected chi connectivity index (χ0v) is 15.2. The van der Waals surface area contributed by atoms with Crippen LogP contribution in [0.3, 0.4) is 0 Å². The highest BCUT2D eigenvalue weighted by Crippen LogP contribution is 2.36. The maximum Gasteiger partial charge on any atom is 0.249 e. The van der Waals surface area contributed by atoms with Crippen molar-refractivity contribution in [2.24, 2.45) is 17.3 Å². The van der Waals surface area contributed by atoms with E-state index in [1.807, 2.05) is 30.3 Å². The maximum atomic E-state index is 12.6. The lowest BCUT2D eigenvalue weighted by Gasteiger charge is -2.24. The van der Waals surface area contributed by atoms with Gasteiger partial charge in [0.2, 0.25) is 5.91 Å². The standard InChI is InChI=1S/C17H24INO2/c1-17(2,3)9-15-14(10-18)11-19(16(15)20)21-12-13-7-5-4-6-8-13/h4-8,14-15H,9-12H2,1-3H3/t14-,15+/m1/s1. The van der Waals surface area contributed by atoms with Gasteiger partial charge in [-0.15, -0.1) is 0 Å². The maximum absolute atomic E-state index is 12.6. The van der Waals surface area contributed by atoms with E-state index in [1.54, 1.807) is 5.06 Å². The number of amides is 1. The summed E-state index contributed by atoms with van der Waals surface area (Å²) in [6.45, 7) is 7.76. The topological polar surface area (TPSA) is 29.5 Å². The third-order valence-electron chi connectivity index (χ3n) is 3.79. The number of rotatable bonds is 5. The Labute approximate surface area is 141 Å². The summed E-state index contributed by atoms with van der Waals surface area (Å²) in [4.78, 5) is 18.3. The summed E-state index contributed by atoms with van der Waals surface area (Å²) < 4.78 is 0.995. The normalized spacial score (nSPS) is 22.9. The molecule has 1 amide bonds. The third kappa shape index (κ3) is 4.68. The van der Waals surface area contributed by atoms with Gasteiger partial charge in [-0.25, -0.2) is 5.06 Å². The van der Waals surface area contributed by atoms with Crippen molar-refractivity contribution in [2.45, 2.75) is 33.8 Å². The summed E-state index contributed by atoms with van der Waals surface area (Å²) in [6, 6.07) is 9.99.